The molecule has 5 heteroatoms. The van der Waals surface area contributed by atoms with Crippen molar-refractivity contribution in [1.82, 2.24) is 0 Å². The molecule has 1 aliphatic carbocycles. The normalized spacial score (nSPS) is 21.9. The number of hydrogen-bond donors (Lipinski definition) is 1. The summed E-state index contributed by atoms with van der Waals surface area (Å²) in [6.07, 6.45) is 10.7. The molecule has 33 heavy (non-hydrogen) atoms. The van der Waals surface area contributed by atoms with Gasteiger partial charge in [0.2, 0.25) is 0 Å². The molecule has 1 unspecified atom stereocenters. The third-order valence-corrected chi connectivity index (χ3v) is 6.70. The molecule has 1 aliphatic heterocycles. The van der Waals surface area contributed by atoms with Gasteiger partial charge in [-0.15, -0.1) is 0 Å². The number of ether oxygens (including phenoxy) is 3. The number of rotatable bonds is 12. The van der Waals surface area contributed by atoms with E-state index in [0.29, 0.717) is 24.0 Å². The zero-order valence-electron chi connectivity index (χ0n) is 20.5. The highest BCUT2D eigenvalue weighted by Gasteiger charge is 2.31. The van der Waals surface area contributed by atoms with E-state index >= 15 is 0 Å². The van der Waals surface area contributed by atoms with Crippen molar-refractivity contribution in [2.24, 2.45) is 5.92 Å². The average Bonchev–Trinajstić information content (AvgIpc) is 3.57. The summed E-state index contributed by atoms with van der Waals surface area (Å²) in [6, 6.07) is 3.74. The Morgan fingerprint density at radius 2 is 2.03 bits per heavy atom. The van der Waals surface area contributed by atoms with Gasteiger partial charge in [0.15, 0.2) is 0 Å². The summed E-state index contributed by atoms with van der Waals surface area (Å²) < 4.78 is 16.3. The summed E-state index contributed by atoms with van der Waals surface area (Å²) in [5, 5.41) is 11.1. The van der Waals surface area contributed by atoms with Crippen LogP contribution in [0.5, 0.6) is 11.5 Å². The molecule has 5 nitrogen and oxygen atoms in total. The zero-order chi connectivity index (χ0) is 23.8. The lowest BCUT2D eigenvalue weighted by molar-refractivity contribution is 0.0965. The van der Waals surface area contributed by atoms with Gasteiger partial charge in [0.1, 0.15) is 11.5 Å². The third kappa shape index (κ3) is 7.63. The van der Waals surface area contributed by atoms with Gasteiger partial charge in [-0.25, -0.2) is 4.79 Å². The van der Waals surface area contributed by atoms with Gasteiger partial charge in [-0.1, -0.05) is 43.6 Å². The number of epoxide rings is 1. The van der Waals surface area contributed by atoms with Crippen LogP contribution in [0, 0.1) is 5.92 Å². The Bertz CT molecular complexity index is 852. The fourth-order valence-corrected chi connectivity index (χ4v) is 4.70. The van der Waals surface area contributed by atoms with Crippen LogP contribution in [0.25, 0.3) is 0 Å². The van der Waals surface area contributed by atoms with Crippen molar-refractivity contribution in [3.8, 4) is 11.5 Å². The van der Waals surface area contributed by atoms with Gasteiger partial charge in [-0.2, -0.15) is 0 Å². The number of carbonyl (C=O) groups is 1. The Balaban J connectivity index is 1.78. The summed E-state index contributed by atoms with van der Waals surface area (Å²) in [5.74, 6) is 0.689. The summed E-state index contributed by atoms with van der Waals surface area (Å²) in [6.45, 7) is 11.7. The van der Waals surface area contributed by atoms with Crippen molar-refractivity contribution in [2.45, 2.75) is 90.6 Å². The van der Waals surface area contributed by atoms with E-state index in [1.165, 1.54) is 5.57 Å². The first-order valence-corrected chi connectivity index (χ1v) is 12.5. The van der Waals surface area contributed by atoms with E-state index < -0.39 is 6.16 Å². The lowest BCUT2D eigenvalue weighted by atomic mass is 9.73. The molecule has 1 aromatic carbocycles. The monoisotopic (exact) mass is 456 g/mol. The predicted molar refractivity (Wildman–Crippen MR) is 131 cm³/mol. The minimum Gasteiger partial charge on any atom is -0.507 e. The van der Waals surface area contributed by atoms with E-state index in [1.807, 2.05) is 19.1 Å². The molecule has 1 saturated heterocycles. The Morgan fingerprint density at radius 3 is 2.73 bits per heavy atom. The molecule has 0 radical (unpaired) electrons. The smallest absolute Gasteiger partial charge is 0.507 e. The quantitative estimate of drug-likeness (QED) is 0.118. The maximum Gasteiger partial charge on any atom is 0.513 e. The summed E-state index contributed by atoms with van der Waals surface area (Å²) in [7, 11) is 0. The SMILES string of the molecule is C=C(C)[C@@H]1CCC(C)=C[C@H]1c1c(O)cc(CCCCC)cc1OC(=O)OCCCCC1CO1. The van der Waals surface area contributed by atoms with Crippen LogP contribution in [0.1, 0.15) is 89.2 Å². The molecule has 1 fully saturated rings. The second-order valence-corrected chi connectivity index (χ2v) is 9.67. The van der Waals surface area contributed by atoms with Crippen molar-refractivity contribution in [3.05, 3.63) is 47.1 Å². The van der Waals surface area contributed by atoms with E-state index in [1.54, 1.807) is 0 Å². The molecule has 0 spiro atoms. The Morgan fingerprint density at radius 1 is 1.24 bits per heavy atom. The molecule has 0 saturated carbocycles. The van der Waals surface area contributed by atoms with E-state index in [2.05, 4.69) is 26.5 Å². The van der Waals surface area contributed by atoms with Crippen LogP contribution in [-0.2, 0) is 15.9 Å². The third-order valence-electron chi connectivity index (χ3n) is 6.70. The molecule has 3 atom stereocenters. The van der Waals surface area contributed by atoms with E-state index in [0.717, 1.165) is 75.5 Å². The largest absolute Gasteiger partial charge is 0.513 e. The highest BCUT2D eigenvalue weighted by Crippen LogP contribution is 2.47. The van der Waals surface area contributed by atoms with Gasteiger partial charge >= 0.3 is 6.16 Å². The van der Waals surface area contributed by atoms with Crippen molar-refractivity contribution >= 4 is 6.16 Å². The Kier molecular flexibility index (Phi) is 9.42. The first-order chi connectivity index (χ1) is 15.9. The number of unbranched alkanes of at least 4 members (excludes halogenated alkanes) is 3. The number of allylic oxidation sites excluding steroid dienone is 3. The number of benzene rings is 1. The molecule has 1 aromatic rings. The molecular weight excluding hydrogens is 416 g/mol. The van der Waals surface area contributed by atoms with Gasteiger partial charge in [-0.3, -0.25) is 0 Å². The molecule has 0 aromatic heterocycles. The standard InChI is InChI=1S/C28H40O5/c1-5-6-7-10-21-16-25(29)27(24-15-20(4)12-13-23(24)19(2)3)26(17-21)33-28(30)31-14-9-8-11-22-18-32-22/h15-17,22-24,29H,2,5-14,18H2,1,3-4H3/t22?,23-,24+/m0/s1. The van der Waals surface area contributed by atoms with Crippen LogP contribution >= 0.6 is 0 Å². The van der Waals surface area contributed by atoms with E-state index in [-0.39, 0.29) is 17.6 Å². The molecule has 3 rings (SSSR count). The average molecular weight is 457 g/mol. The number of aromatic hydroxyl groups is 1. The highest BCUT2D eigenvalue weighted by atomic mass is 16.7. The predicted octanol–water partition coefficient (Wildman–Crippen LogP) is 7.23. The molecule has 1 N–H and O–H groups in total. The second-order valence-electron chi connectivity index (χ2n) is 9.67. The van der Waals surface area contributed by atoms with Gasteiger partial charge in [0.05, 0.1) is 19.3 Å². The Hall–Kier alpha value is -2.27. The minimum atomic E-state index is -0.715. The number of carbonyl (C=O) groups excluding carboxylic acids is 1. The van der Waals surface area contributed by atoms with Crippen molar-refractivity contribution < 1.29 is 24.1 Å². The minimum absolute atomic E-state index is 0.0812. The number of hydrogen-bond acceptors (Lipinski definition) is 5. The zero-order valence-corrected chi connectivity index (χ0v) is 20.5. The highest BCUT2D eigenvalue weighted by molar-refractivity contribution is 5.66. The molecule has 182 valence electrons. The van der Waals surface area contributed by atoms with Gasteiger partial charge in [0, 0.05) is 11.5 Å². The van der Waals surface area contributed by atoms with Crippen molar-refractivity contribution in [3.63, 3.8) is 0 Å². The van der Waals surface area contributed by atoms with Gasteiger partial charge in [0.25, 0.3) is 0 Å². The second kappa shape index (κ2) is 12.3. The molecule has 0 amide bonds. The summed E-state index contributed by atoms with van der Waals surface area (Å²) in [5.41, 5.74) is 3.98. The van der Waals surface area contributed by atoms with Crippen LogP contribution in [0.4, 0.5) is 4.79 Å². The van der Waals surface area contributed by atoms with Crippen LogP contribution in [0.2, 0.25) is 0 Å². The van der Waals surface area contributed by atoms with Gasteiger partial charge < -0.3 is 19.3 Å². The van der Waals surface area contributed by atoms with Gasteiger partial charge in [-0.05, 0) is 82.4 Å². The fraction of sp³-hybridized carbons (Fsp3) is 0.607. The molecule has 2 aliphatic rings. The lowest BCUT2D eigenvalue weighted by Crippen LogP contribution is -2.19. The summed E-state index contributed by atoms with van der Waals surface area (Å²) in [4.78, 5) is 12.5. The maximum absolute atomic E-state index is 12.5. The first kappa shape index (κ1) is 25.4. The van der Waals surface area contributed by atoms with Crippen LogP contribution in [0.3, 0.4) is 0 Å². The van der Waals surface area contributed by atoms with Crippen molar-refractivity contribution in [1.29, 1.82) is 0 Å². The van der Waals surface area contributed by atoms with Crippen molar-refractivity contribution in [2.75, 3.05) is 13.2 Å². The molecule has 1 heterocycles. The topological polar surface area (TPSA) is 68.3 Å². The number of phenols is 1. The summed E-state index contributed by atoms with van der Waals surface area (Å²) >= 11 is 0. The Labute approximate surface area is 198 Å². The van der Waals surface area contributed by atoms with E-state index in [4.69, 9.17) is 14.2 Å². The number of phenolic OH excluding ortho intramolecular Hbond substituents is 1. The fourth-order valence-electron chi connectivity index (χ4n) is 4.70. The lowest BCUT2D eigenvalue weighted by Gasteiger charge is -2.32. The molecular formula is C28H40O5. The molecule has 0 bridgehead atoms. The number of aryl methyl sites for hydroxylation is 1. The maximum atomic E-state index is 12.5. The van der Waals surface area contributed by atoms with Crippen LogP contribution in [-0.4, -0.2) is 30.6 Å². The first-order valence-electron chi connectivity index (χ1n) is 12.5. The van der Waals surface area contributed by atoms with E-state index in [9.17, 15) is 9.90 Å². The van der Waals surface area contributed by atoms with Crippen LogP contribution in [0.15, 0.2) is 35.9 Å². The van der Waals surface area contributed by atoms with Crippen LogP contribution < -0.4 is 4.74 Å².